The minimum absolute atomic E-state index is 0.0482. The number of benzene rings is 2. The predicted molar refractivity (Wildman–Crippen MR) is 109 cm³/mol. The van der Waals surface area contributed by atoms with Crippen LogP contribution in [0.5, 0.6) is 0 Å². The fourth-order valence-electron chi connectivity index (χ4n) is 2.93. The summed E-state index contributed by atoms with van der Waals surface area (Å²) < 4.78 is 0. The molecule has 1 aliphatic heterocycles. The molecule has 3 rings (SSSR count). The average Bonchev–Trinajstić information content (AvgIpc) is 2.65. The lowest BCUT2D eigenvalue weighted by molar-refractivity contribution is -0.115. The molecule has 1 N–H and O–H groups in total. The van der Waals surface area contributed by atoms with Gasteiger partial charge >= 0.3 is 0 Å². The van der Waals surface area contributed by atoms with Gasteiger partial charge in [0.15, 0.2) is 0 Å². The van der Waals surface area contributed by atoms with Gasteiger partial charge in [-0.25, -0.2) is 0 Å². The summed E-state index contributed by atoms with van der Waals surface area (Å²) in [5, 5.41) is 3.82. The molecule has 0 aliphatic carbocycles. The number of nitrogens with one attached hydrogen (secondary N) is 1. The first-order valence-corrected chi connectivity index (χ1v) is 9.49. The maximum absolute atomic E-state index is 12.7. The van der Waals surface area contributed by atoms with Crippen LogP contribution in [-0.2, 0) is 11.2 Å². The van der Waals surface area contributed by atoms with Crippen LogP contribution in [0.4, 0.5) is 5.69 Å². The largest absolute Gasteiger partial charge is 0.336 e. The van der Waals surface area contributed by atoms with Crippen LogP contribution in [0.1, 0.15) is 15.9 Å². The number of amides is 2. The van der Waals surface area contributed by atoms with Gasteiger partial charge in [-0.1, -0.05) is 35.3 Å². The monoisotopic (exact) mass is 405 g/mol. The second kappa shape index (κ2) is 8.74. The van der Waals surface area contributed by atoms with E-state index in [0.29, 0.717) is 34.4 Å². The fraction of sp³-hybridized carbons (Fsp3) is 0.300. The molecular formula is C20H21Cl2N3O2. The number of hydrogen-bond acceptors (Lipinski definition) is 3. The van der Waals surface area contributed by atoms with E-state index in [1.54, 1.807) is 42.5 Å². The van der Waals surface area contributed by atoms with Crippen LogP contribution in [0.2, 0.25) is 10.0 Å². The lowest BCUT2D eigenvalue weighted by Crippen LogP contribution is -2.47. The van der Waals surface area contributed by atoms with Crippen LogP contribution in [0.3, 0.4) is 0 Å². The molecule has 1 fully saturated rings. The number of likely N-dealkylation sites (N-methyl/N-ethyl adjacent to an activating group) is 1. The van der Waals surface area contributed by atoms with Gasteiger partial charge in [0.1, 0.15) is 0 Å². The molecule has 5 nitrogen and oxygen atoms in total. The molecule has 2 aromatic carbocycles. The van der Waals surface area contributed by atoms with Crippen molar-refractivity contribution in [2.75, 3.05) is 38.5 Å². The molecule has 2 amide bonds. The van der Waals surface area contributed by atoms with Gasteiger partial charge < -0.3 is 15.1 Å². The molecule has 27 heavy (non-hydrogen) atoms. The summed E-state index contributed by atoms with van der Waals surface area (Å²) in [5.41, 5.74) is 1.80. The topological polar surface area (TPSA) is 52.6 Å². The Morgan fingerprint density at radius 1 is 1.00 bits per heavy atom. The fourth-order valence-corrected chi connectivity index (χ4v) is 3.22. The minimum Gasteiger partial charge on any atom is -0.336 e. The molecule has 0 atom stereocenters. The average molecular weight is 406 g/mol. The van der Waals surface area contributed by atoms with Gasteiger partial charge in [-0.15, -0.1) is 0 Å². The minimum atomic E-state index is -0.205. The first kappa shape index (κ1) is 19.7. The molecule has 1 saturated heterocycles. The molecule has 1 aliphatic rings. The number of halogens is 2. The first-order valence-electron chi connectivity index (χ1n) is 8.74. The van der Waals surface area contributed by atoms with Crippen molar-refractivity contribution in [3.63, 3.8) is 0 Å². The number of anilines is 1. The zero-order valence-corrected chi connectivity index (χ0v) is 16.6. The molecule has 0 radical (unpaired) electrons. The van der Waals surface area contributed by atoms with E-state index in [-0.39, 0.29) is 18.2 Å². The predicted octanol–water partition coefficient (Wildman–Crippen LogP) is 3.56. The lowest BCUT2D eigenvalue weighted by atomic mass is 10.1. The third-order valence-corrected chi connectivity index (χ3v) is 5.14. The Labute approximate surface area is 168 Å². The molecule has 142 valence electrons. The number of nitrogens with zero attached hydrogens (tertiary/aromatic N) is 2. The summed E-state index contributed by atoms with van der Waals surface area (Å²) in [4.78, 5) is 29.1. The number of rotatable bonds is 4. The van der Waals surface area contributed by atoms with Crippen LogP contribution in [0, 0.1) is 0 Å². The van der Waals surface area contributed by atoms with Gasteiger partial charge in [0.05, 0.1) is 17.1 Å². The summed E-state index contributed by atoms with van der Waals surface area (Å²) in [6.07, 6.45) is 0.199. The Hall–Kier alpha value is -2.08. The van der Waals surface area contributed by atoms with Gasteiger partial charge in [-0.2, -0.15) is 0 Å². The van der Waals surface area contributed by atoms with Crippen LogP contribution in [0.25, 0.3) is 0 Å². The van der Waals surface area contributed by atoms with Gasteiger partial charge in [-0.05, 0) is 42.9 Å². The number of hydrogen-bond donors (Lipinski definition) is 1. The highest BCUT2D eigenvalue weighted by molar-refractivity contribution is 6.34. The molecular weight excluding hydrogens is 385 g/mol. The SMILES string of the molecule is CN1CCN(C(=O)c2ccc(Cl)c(NC(=O)Cc3ccc(Cl)cc3)c2)CC1. The van der Waals surface area contributed by atoms with Crippen molar-refractivity contribution < 1.29 is 9.59 Å². The molecule has 0 saturated carbocycles. The maximum Gasteiger partial charge on any atom is 0.254 e. The quantitative estimate of drug-likeness (QED) is 0.845. The third-order valence-electron chi connectivity index (χ3n) is 4.56. The summed E-state index contributed by atoms with van der Waals surface area (Å²) in [5.74, 6) is -0.253. The first-order chi connectivity index (χ1) is 12.9. The Bertz CT molecular complexity index is 832. The number of piperazine rings is 1. The number of carbonyl (C=O) groups is 2. The van der Waals surface area contributed by atoms with E-state index in [1.807, 2.05) is 11.9 Å². The molecule has 1 heterocycles. The standard InChI is InChI=1S/C20H21Cl2N3O2/c1-24-8-10-25(11-9-24)20(27)15-4-7-17(22)18(13-15)23-19(26)12-14-2-5-16(21)6-3-14/h2-7,13H,8-12H2,1H3,(H,23,26). The van der Waals surface area contributed by atoms with E-state index >= 15 is 0 Å². The summed E-state index contributed by atoms with van der Waals surface area (Å²) in [6.45, 7) is 3.08. The van der Waals surface area contributed by atoms with Gasteiger partial charge in [0.25, 0.3) is 5.91 Å². The lowest BCUT2D eigenvalue weighted by Gasteiger charge is -2.32. The Morgan fingerprint density at radius 3 is 2.33 bits per heavy atom. The number of carbonyl (C=O) groups excluding carboxylic acids is 2. The zero-order valence-electron chi connectivity index (χ0n) is 15.0. The van der Waals surface area contributed by atoms with E-state index < -0.39 is 0 Å². The van der Waals surface area contributed by atoms with E-state index in [9.17, 15) is 9.59 Å². The van der Waals surface area contributed by atoms with Crippen molar-refractivity contribution in [2.45, 2.75) is 6.42 Å². The Kier molecular flexibility index (Phi) is 6.37. The smallest absolute Gasteiger partial charge is 0.254 e. The van der Waals surface area contributed by atoms with E-state index in [1.165, 1.54) is 0 Å². The van der Waals surface area contributed by atoms with Crippen molar-refractivity contribution in [1.29, 1.82) is 0 Å². The van der Waals surface area contributed by atoms with Crippen LogP contribution in [-0.4, -0.2) is 54.8 Å². The highest BCUT2D eigenvalue weighted by Crippen LogP contribution is 2.24. The summed E-state index contributed by atoms with van der Waals surface area (Å²) in [6, 6.07) is 12.1. The van der Waals surface area contributed by atoms with Gasteiger partial charge in [0, 0.05) is 36.8 Å². The van der Waals surface area contributed by atoms with E-state index in [2.05, 4.69) is 10.2 Å². The van der Waals surface area contributed by atoms with E-state index in [0.717, 1.165) is 18.7 Å². The Balaban J connectivity index is 1.68. The van der Waals surface area contributed by atoms with Crippen molar-refractivity contribution >= 4 is 40.7 Å². The second-order valence-electron chi connectivity index (χ2n) is 6.64. The molecule has 7 heteroatoms. The molecule has 0 spiro atoms. The van der Waals surface area contributed by atoms with Crippen LogP contribution >= 0.6 is 23.2 Å². The summed E-state index contributed by atoms with van der Waals surface area (Å²) in [7, 11) is 2.04. The molecule has 2 aromatic rings. The highest BCUT2D eigenvalue weighted by Gasteiger charge is 2.21. The van der Waals surface area contributed by atoms with Crippen molar-refractivity contribution in [1.82, 2.24) is 9.80 Å². The molecule has 0 unspecified atom stereocenters. The van der Waals surface area contributed by atoms with Crippen molar-refractivity contribution in [3.8, 4) is 0 Å². The van der Waals surface area contributed by atoms with Crippen LogP contribution in [0.15, 0.2) is 42.5 Å². The highest BCUT2D eigenvalue weighted by atomic mass is 35.5. The van der Waals surface area contributed by atoms with E-state index in [4.69, 9.17) is 23.2 Å². The van der Waals surface area contributed by atoms with Crippen LogP contribution < -0.4 is 5.32 Å². The van der Waals surface area contributed by atoms with Gasteiger partial charge in [0.2, 0.25) is 5.91 Å². The molecule has 0 aromatic heterocycles. The zero-order chi connectivity index (χ0) is 19.4. The Morgan fingerprint density at radius 2 is 1.67 bits per heavy atom. The van der Waals surface area contributed by atoms with Crippen molar-refractivity contribution in [3.05, 3.63) is 63.6 Å². The maximum atomic E-state index is 12.7. The summed E-state index contributed by atoms with van der Waals surface area (Å²) >= 11 is 12.1. The van der Waals surface area contributed by atoms with Gasteiger partial charge in [-0.3, -0.25) is 9.59 Å². The third kappa shape index (κ3) is 5.22. The normalized spacial score (nSPS) is 14.9. The molecule has 0 bridgehead atoms. The van der Waals surface area contributed by atoms with Crippen molar-refractivity contribution in [2.24, 2.45) is 0 Å². The second-order valence-corrected chi connectivity index (χ2v) is 7.49.